The molecule has 0 radical (unpaired) electrons. The number of nitrogens with zero attached hydrogens (tertiary/aromatic N) is 2. The van der Waals surface area contributed by atoms with Crippen LogP contribution in [0.4, 0.5) is 21.5 Å². The standard InChI is InChI=1S/C25H19BrFN3O4/c26-19-13-23(30(31)32)22(14-20(19)27)28-21-11-12-24(33-15-17-7-3-1-4-8-17)29-25(21)34-16-18-9-5-2-6-10-18/h1-14,28H,15-16H2. The molecular formula is C25H19BrFN3O4. The molecular weight excluding hydrogens is 505 g/mol. The molecule has 0 fully saturated rings. The second kappa shape index (κ2) is 10.8. The van der Waals surface area contributed by atoms with Crippen LogP contribution in [0, 0.1) is 15.9 Å². The quantitative estimate of drug-likeness (QED) is 0.192. The topological polar surface area (TPSA) is 86.5 Å². The molecule has 172 valence electrons. The number of ether oxygens (including phenoxy) is 2. The summed E-state index contributed by atoms with van der Waals surface area (Å²) >= 11 is 2.98. The van der Waals surface area contributed by atoms with Crippen molar-refractivity contribution in [2.45, 2.75) is 13.2 Å². The smallest absolute Gasteiger partial charge is 0.294 e. The molecule has 1 aromatic heterocycles. The first-order valence-electron chi connectivity index (χ1n) is 10.2. The third kappa shape index (κ3) is 5.87. The van der Waals surface area contributed by atoms with Crippen LogP contribution in [-0.4, -0.2) is 9.91 Å². The van der Waals surface area contributed by atoms with Gasteiger partial charge < -0.3 is 14.8 Å². The van der Waals surface area contributed by atoms with Crippen molar-refractivity contribution in [1.82, 2.24) is 4.98 Å². The van der Waals surface area contributed by atoms with Crippen molar-refractivity contribution < 1.29 is 18.8 Å². The van der Waals surface area contributed by atoms with Gasteiger partial charge in [-0.15, -0.1) is 0 Å². The van der Waals surface area contributed by atoms with E-state index in [2.05, 4.69) is 26.2 Å². The average Bonchev–Trinajstić information content (AvgIpc) is 2.85. The van der Waals surface area contributed by atoms with Gasteiger partial charge in [-0.05, 0) is 33.1 Å². The highest BCUT2D eigenvalue weighted by Crippen LogP contribution is 2.36. The molecule has 0 unspecified atom stereocenters. The molecule has 4 rings (SSSR count). The van der Waals surface area contributed by atoms with E-state index in [1.54, 1.807) is 12.1 Å². The van der Waals surface area contributed by atoms with Gasteiger partial charge in [-0.25, -0.2) is 4.39 Å². The number of aromatic nitrogens is 1. The Bertz CT molecular complexity index is 1290. The Hall–Kier alpha value is -3.98. The van der Waals surface area contributed by atoms with Crippen LogP contribution in [-0.2, 0) is 13.2 Å². The van der Waals surface area contributed by atoms with E-state index in [4.69, 9.17) is 9.47 Å². The summed E-state index contributed by atoms with van der Waals surface area (Å²) in [5, 5.41) is 14.4. The molecule has 0 aliphatic carbocycles. The molecule has 1 N–H and O–H groups in total. The average molecular weight is 524 g/mol. The summed E-state index contributed by atoms with van der Waals surface area (Å²) in [6, 6.07) is 24.5. The van der Waals surface area contributed by atoms with Crippen LogP contribution in [0.3, 0.4) is 0 Å². The lowest BCUT2D eigenvalue weighted by Crippen LogP contribution is -2.05. The summed E-state index contributed by atoms with van der Waals surface area (Å²) in [5.74, 6) is -0.170. The van der Waals surface area contributed by atoms with Crippen molar-refractivity contribution in [3.8, 4) is 11.8 Å². The van der Waals surface area contributed by atoms with E-state index in [1.165, 1.54) is 0 Å². The summed E-state index contributed by atoms with van der Waals surface area (Å²) in [6.45, 7) is 0.517. The maximum Gasteiger partial charge on any atom is 0.294 e. The number of hydrogen-bond donors (Lipinski definition) is 1. The first kappa shape index (κ1) is 23.2. The highest BCUT2D eigenvalue weighted by Gasteiger charge is 2.20. The minimum Gasteiger partial charge on any atom is -0.473 e. The van der Waals surface area contributed by atoms with Gasteiger partial charge in [-0.2, -0.15) is 4.98 Å². The van der Waals surface area contributed by atoms with E-state index in [9.17, 15) is 14.5 Å². The fourth-order valence-corrected chi connectivity index (χ4v) is 3.43. The summed E-state index contributed by atoms with van der Waals surface area (Å²) in [4.78, 5) is 15.3. The molecule has 0 bridgehead atoms. The number of halogens is 2. The van der Waals surface area contributed by atoms with Crippen molar-refractivity contribution in [3.05, 3.63) is 116 Å². The molecule has 0 amide bonds. The normalized spacial score (nSPS) is 10.5. The Morgan fingerprint density at radius 1 is 0.882 bits per heavy atom. The second-order valence-corrected chi connectivity index (χ2v) is 8.07. The maximum absolute atomic E-state index is 14.1. The Kier molecular flexibility index (Phi) is 7.34. The molecule has 0 saturated heterocycles. The van der Waals surface area contributed by atoms with Crippen LogP contribution in [0.2, 0.25) is 0 Å². The van der Waals surface area contributed by atoms with Crippen molar-refractivity contribution in [1.29, 1.82) is 0 Å². The van der Waals surface area contributed by atoms with Crippen molar-refractivity contribution in [3.63, 3.8) is 0 Å². The van der Waals surface area contributed by atoms with Gasteiger partial charge in [0.2, 0.25) is 11.8 Å². The summed E-state index contributed by atoms with van der Waals surface area (Å²) in [6.07, 6.45) is 0. The fraction of sp³-hybridized carbons (Fsp3) is 0.0800. The number of benzene rings is 3. The number of nitro groups is 1. The predicted octanol–water partition coefficient (Wildman–Crippen LogP) is 6.79. The molecule has 0 atom stereocenters. The lowest BCUT2D eigenvalue weighted by molar-refractivity contribution is -0.384. The van der Waals surface area contributed by atoms with Crippen molar-refractivity contribution in [2.24, 2.45) is 0 Å². The number of anilines is 2. The molecule has 7 nitrogen and oxygen atoms in total. The second-order valence-electron chi connectivity index (χ2n) is 7.22. The molecule has 0 saturated carbocycles. The van der Waals surface area contributed by atoms with Crippen LogP contribution in [0.25, 0.3) is 0 Å². The molecule has 3 aromatic carbocycles. The molecule has 34 heavy (non-hydrogen) atoms. The van der Waals surface area contributed by atoms with Gasteiger partial charge in [-0.3, -0.25) is 10.1 Å². The van der Waals surface area contributed by atoms with E-state index in [1.807, 2.05) is 60.7 Å². The van der Waals surface area contributed by atoms with Crippen molar-refractivity contribution in [2.75, 3.05) is 5.32 Å². The Morgan fingerprint density at radius 3 is 2.12 bits per heavy atom. The van der Waals surface area contributed by atoms with E-state index in [-0.39, 0.29) is 28.3 Å². The van der Waals surface area contributed by atoms with Crippen LogP contribution < -0.4 is 14.8 Å². The third-order valence-corrected chi connectivity index (χ3v) is 5.39. The minimum atomic E-state index is -0.643. The summed E-state index contributed by atoms with van der Waals surface area (Å²) < 4.78 is 25.8. The SMILES string of the molecule is O=[N+]([O-])c1cc(Br)c(F)cc1Nc1ccc(OCc2ccccc2)nc1OCc1ccccc1. The highest BCUT2D eigenvalue weighted by atomic mass is 79.9. The number of nitrogens with one attached hydrogen (secondary N) is 1. The number of pyridine rings is 1. The predicted molar refractivity (Wildman–Crippen MR) is 130 cm³/mol. The van der Waals surface area contributed by atoms with Gasteiger partial charge in [0.25, 0.3) is 5.69 Å². The number of hydrogen-bond acceptors (Lipinski definition) is 6. The van der Waals surface area contributed by atoms with Crippen molar-refractivity contribution >= 4 is 33.0 Å². The molecule has 0 aliphatic rings. The van der Waals surface area contributed by atoms with Gasteiger partial charge in [0.05, 0.1) is 9.40 Å². The highest BCUT2D eigenvalue weighted by molar-refractivity contribution is 9.10. The van der Waals surface area contributed by atoms with Crippen LogP contribution in [0.5, 0.6) is 11.8 Å². The third-order valence-electron chi connectivity index (χ3n) is 4.79. The molecule has 0 aliphatic heterocycles. The van der Waals surface area contributed by atoms with Crippen LogP contribution in [0.15, 0.2) is 89.4 Å². The van der Waals surface area contributed by atoms with Gasteiger partial charge >= 0.3 is 0 Å². The summed E-state index contributed by atoms with van der Waals surface area (Å²) in [5.41, 5.74) is 1.88. The van der Waals surface area contributed by atoms with Gasteiger partial charge in [0.15, 0.2) is 0 Å². The largest absolute Gasteiger partial charge is 0.473 e. The van der Waals surface area contributed by atoms with E-state index >= 15 is 0 Å². The monoisotopic (exact) mass is 523 g/mol. The Balaban J connectivity index is 1.62. The van der Waals surface area contributed by atoms with Crippen LogP contribution in [0.1, 0.15) is 11.1 Å². The number of rotatable bonds is 9. The first-order chi connectivity index (χ1) is 16.5. The fourth-order valence-electron chi connectivity index (χ4n) is 3.10. The Morgan fingerprint density at radius 2 is 1.50 bits per heavy atom. The summed E-state index contributed by atoms with van der Waals surface area (Å²) in [7, 11) is 0. The Labute approximate surface area is 203 Å². The zero-order valence-corrected chi connectivity index (χ0v) is 19.4. The minimum absolute atomic E-state index is 0.00640. The molecule has 1 heterocycles. The van der Waals surface area contributed by atoms with Crippen LogP contribution >= 0.6 is 15.9 Å². The lowest BCUT2D eigenvalue weighted by Gasteiger charge is -2.15. The zero-order chi connectivity index (χ0) is 23.9. The molecule has 9 heteroatoms. The van der Waals surface area contributed by atoms with Gasteiger partial charge in [-0.1, -0.05) is 60.7 Å². The van der Waals surface area contributed by atoms with E-state index < -0.39 is 10.7 Å². The number of nitro benzene ring substituents is 1. The van der Waals surface area contributed by atoms with E-state index in [0.717, 1.165) is 23.3 Å². The first-order valence-corrected chi connectivity index (χ1v) is 11.0. The molecule has 4 aromatic rings. The van der Waals surface area contributed by atoms with Gasteiger partial charge in [0.1, 0.15) is 30.4 Å². The maximum atomic E-state index is 14.1. The zero-order valence-electron chi connectivity index (χ0n) is 17.8. The van der Waals surface area contributed by atoms with E-state index in [0.29, 0.717) is 18.2 Å². The lowest BCUT2D eigenvalue weighted by atomic mass is 10.2. The molecule has 0 spiro atoms. The van der Waals surface area contributed by atoms with Gasteiger partial charge in [0, 0.05) is 18.2 Å².